The van der Waals surface area contributed by atoms with Crippen molar-refractivity contribution >= 4 is 6.01 Å². The molecule has 106 valence electrons. The van der Waals surface area contributed by atoms with Crippen molar-refractivity contribution in [3.05, 3.63) is 5.89 Å². The number of aromatic nitrogens is 2. The number of nitrogens with one attached hydrogen (secondary N) is 1. The van der Waals surface area contributed by atoms with Gasteiger partial charge in [0.1, 0.15) is 0 Å². The van der Waals surface area contributed by atoms with Gasteiger partial charge < -0.3 is 19.4 Å². The Labute approximate surface area is 113 Å². The maximum Gasteiger partial charge on any atom is 0.318 e. The summed E-state index contributed by atoms with van der Waals surface area (Å²) in [7, 11) is 1.89. The van der Waals surface area contributed by atoms with E-state index in [1.165, 1.54) is 12.8 Å². The first-order valence-electron chi connectivity index (χ1n) is 7.18. The Kier molecular flexibility index (Phi) is 3.70. The van der Waals surface area contributed by atoms with Gasteiger partial charge in [-0.1, -0.05) is 17.9 Å². The van der Waals surface area contributed by atoms with Crippen molar-refractivity contribution in [2.75, 3.05) is 25.1 Å². The minimum Gasteiger partial charge on any atom is -0.406 e. The topological polar surface area (TPSA) is 63.4 Å². The summed E-state index contributed by atoms with van der Waals surface area (Å²) in [6.45, 7) is 3.61. The number of nitrogens with zero attached hydrogens (tertiary/aromatic N) is 3. The molecule has 1 aromatic heterocycles. The van der Waals surface area contributed by atoms with Gasteiger partial charge in [0.15, 0.2) is 0 Å². The standard InChI is InChI=1S/C13H22N4O2/c1-9(14-2)12-15-16-13(19-12)17-7-8-18-11-6-4-3-5-10(11)17/h9-11,14H,3-8H2,1-2H3. The molecule has 19 heavy (non-hydrogen) atoms. The van der Waals surface area contributed by atoms with E-state index in [9.17, 15) is 0 Å². The fraction of sp³-hybridized carbons (Fsp3) is 0.846. The molecule has 0 spiro atoms. The lowest BCUT2D eigenvalue weighted by Crippen LogP contribution is -2.53. The highest BCUT2D eigenvalue weighted by molar-refractivity contribution is 5.29. The second kappa shape index (κ2) is 5.46. The van der Waals surface area contributed by atoms with E-state index in [1.807, 2.05) is 14.0 Å². The number of morpholine rings is 1. The van der Waals surface area contributed by atoms with E-state index in [0.29, 0.717) is 24.1 Å². The van der Waals surface area contributed by atoms with Crippen LogP contribution in [0.4, 0.5) is 6.01 Å². The van der Waals surface area contributed by atoms with Gasteiger partial charge in [-0.3, -0.25) is 0 Å². The van der Waals surface area contributed by atoms with Crippen molar-refractivity contribution in [2.24, 2.45) is 0 Å². The zero-order valence-corrected chi connectivity index (χ0v) is 11.6. The predicted octanol–water partition coefficient (Wildman–Crippen LogP) is 1.50. The normalized spacial score (nSPS) is 29.1. The lowest BCUT2D eigenvalue weighted by molar-refractivity contribution is -0.0107. The summed E-state index contributed by atoms with van der Waals surface area (Å²) in [5, 5.41) is 11.5. The van der Waals surface area contributed by atoms with Crippen LogP contribution in [-0.2, 0) is 4.74 Å². The zero-order chi connectivity index (χ0) is 13.2. The van der Waals surface area contributed by atoms with Crippen LogP contribution in [0.5, 0.6) is 0 Å². The molecule has 6 heteroatoms. The first-order valence-corrected chi connectivity index (χ1v) is 7.18. The van der Waals surface area contributed by atoms with Crippen molar-refractivity contribution in [2.45, 2.75) is 50.8 Å². The minimum absolute atomic E-state index is 0.0874. The first kappa shape index (κ1) is 12.9. The molecular weight excluding hydrogens is 244 g/mol. The molecule has 0 radical (unpaired) electrons. The summed E-state index contributed by atoms with van der Waals surface area (Å²) in [6.07, 6.45) is 5.16. The fourth-order valence-corrected chi connectivity index (χ4v) is 2.97. The highest BCUT2D eigenvalue weighted by Crippen LogP contribution is 2.31. The van der Waals surface area contributed by atoms with Crippen LogP contribution in [0.1, 0.15) is 44.5 Å². The van der Waals surface area contributed by atoms with E-state index in [4.69, 9.17) is 9.15 Å². The average molecular weight is 266 g/mol. The third-order valence-electron chi connectivity index (χ3n) is 4.21. The van der Waals surface area contributed by atoms with Crippen molar-refractivity contribution in [3.63, 3.8) is 0 Å². The molecule has 2 aliphatic rings. The van der Waals surface area contributed by atoms with Gasteiger partial charge in [0.25, 0.3) is 0 Å². The van der Waals surface area contributed by atoms with Crippen molar-refractivity contribution in [1.82, 2.24) is 15.5 Å². The zero-order valence-electron chi connectivity index (χ0n) is 11.6. The van der Waals surface area contributed by atoms with Crippen molar-refractivity contribution < 1.29 is 9.15 Å². The van der Waals surface area contributed by atoms with Crippen LogP contribution in [0.15, 0.2) is 4.42 Å². The molecule has 3 rings (SSSR count). The Morgan fingerprint density at radius 3 is 3.00 bits per heavy atom. The van der Waals surface area contributed by atoms with Crippen molar-refractivity contribution in [3.8, 4) is 0 Å². The summed E-state index contributed by atoms with van der Waals surface area (Å²) in [5.41, 5.74) is 0. The molecule has 3 unspecified atom stereocenters. The van der Waals surface area contributed by atoms with Crippen molar-refractivity contribution in [1.29, 1.82) is 0 Å². The van der Waals surface area contributed by atoms with E-state index in [2.05, 4.69) is 20.4 Å². The molecular formula is C13H22N4O2. The summed E-state index contributed by atoms with van der Waals surface area (Å²) in [5.74, 6) is 0.649. The van der Waals surface area contributed by atoms with Gasteiger partial charge in [0, 0.05) is 6.54 Å². The van der Waals surface area contributed by atoms with Gasteiger partial charge in [0.05, 0.1) is 24.8 Å². The number of anilines is 1. The lowest BCUT2D eigenvalue weighted by Gasteiger charge is -2.42. The Bertz CT molecular complexity index is 421. The van der Waals surface area contributed by atoms with Crippen LogP contribution < -0.4 is 10.2 Å². The number of ether oxygens (including phenoxy) is 1. The molecule has 1 saturated heterocycles. The predicted molar refractivity (Wildman–Crippen MR) is 71.1 cm³/mol. The molecule has 1 aliphatic carbocycles. The van der Waals surface area contributed by atoms with Gasteiger partial charge in [-0.2, -0.15) is 0 Å². The Morgan fingerprint density at radius 1 is 1.32 bits per heavy atom. The summed E-state index contributed by atoms with van der Waals surface area (Å²) in [4.78, 5) is 2.24. The summed E-state index contributed by atoms with van der Waals surface area (Å²) in [6, 6.07) is 1.14. The van der Waals surface area contributed by atoms with Gasteiger partial charge in [-0.05, 0) is 26.8 Å². The lowest BCUT2D eigenvalue weighted by atomic mass is 9.90. The van der Waals surface area contributed by atoms with E-state index in [0.717, 1.165) is 26.0 Å². The Hall–Kier alpha value is -1.14. The summed E-state index contributed by atoms with van der Waals surface area (Å²) >= 11 is 0. The molecule has 2 heterocycles. The first-order chi connectivity index (χ1) is 9.29. The van der Waals surface area contributed by atoms with Crippen LogP contribution in [0.2, 0.25) is 0 Å². The van der Waals surface area contributed by atoms with Gasteiger partial charge in [-0.25, -0.2) is 0 Å². The molecule has 3 atom stereocenters. The maximum absolute atomic E-state index is 5.87. The number of hydrogen-bond donors (Lipinski definition) is 1. The fourth-order valence-electron chi connectivity index (χ4n) is 2.97. The Morgan fingerprint density at radius 2 is 2.16 bits per heavy atom. The third kappa shape index (κ3) is 2.47. The number of rotatable bonds is 3. The maximum atomic E-state index is 5.87. The number of fused-ring (bicyclic) bond motifs is 1. The highest BCUT2D eigenvalue weighted by atomic mass is 16.5. The Balaban J connectivity index is 1.78. The SMILES string of the molecule is CNC(C)c1nnc(N2CCOC3CCCCC32)o1. The van der Waals surface area contributed by atoms with Gasteiger partial charge >= 0.3 is 6.01 Å². The molecule has 0 aromatic carbocycles. The second-order valence-corrected chi connectivity index (χ2v) is 5.39. The molecule has 0 amide bonds. The summed E-state index contributed by atoms with van der Waals surface area (Å²) < 4.78 is 11.7. The van der Waals surface area contributed by atoms with Gasteiger partial charge in [0.2, 0.25) is 5.89 Å². The molecule has 1 N–H and O–H groups in total. The van der Waals surface area contributed by atoms with Crippen LogP contribution in [-0.4, -0.2) is 42.5 Å². The van der Waals surface area contributed by atoms with Crippen LogP contribution in [0, 0.1) is 0 Å². The molecule has 0 bridgehead atoms. The van der Waals surface area contributed by atoms with E-state index >= 15 is 0 Å². The monoisotopic (exact) mass is 266 g/mol. The minimum atomic E-state index is 0.0874. The highest BCUT2D eigenvalue weighted by Gasteiger charge is 2.36. The van der Waals surface area contributed by atoms with E-state index in [1.54, 1.807) is 0 Å². The molecule has 1 saturated carbocycles. The second-order valence-electron chi connectivity index (χ2n) is 5.39. The van der Waals surface area contributed by atoms with Crippen LogP contribution >= 0.6 is 0 Å². The number of hydrogen-bond acceptors (Lipinski definition) is 6. The van der Waals surface area contributed by atoms with Gasteiger partial charge in [-0.15, -0.1) is 5.10 Å². The average Bonchev–Trinajstić information content (AvgIpc) is 2.95. The van der Waals surface area contributed by atoms with Crippen LogP contribution in [0.25, 0.3) is 0 Å². The largest absolute Gasteiger partial charge is 0.406 e. The van der Waals surface area contributed by atoms with Crippen LogP contribution in [0.3, 0.4) is 0 Å². The van der Waals surface area contributed by atoms with E-state index < -0.39 is 0 Å². The van der Waals surface area contributed by atoms with E-state index in [-0.39, 0.29) is 6.04 Å². The molecule has 1 aliphatic heterocycles. The molecule has 6 nitrogen and oxygen atoms in total. The molecule has 1 aromatic rings. The molecule has 2 fully saturated rings. The quantitative estimate of drug-likeness (QED) is 0.894. The third-order valence-corrected chi connectivity index (χ3v) is 4.21. The smallest absolute Gasteiger partial charge is 0.318 e.